The van der Waals surface area contributed by atoms with Crippen LogP contribution in [0.25, 0.3) is 11.3 Å². The maximum atomic E-state index is 11.8. The van der Waals surface area contributed by atoms with E-state index < -0.39 is 0 Å². The molecule has 1 aromatic carbocycles. The van der Waals surface area contributed by atoms with E-state index in [1.807, 2.05) is 43.5 Å². The fraction of sp³-hybridized carbons (Fsp3) is 0.412. The first-order valence-corrected chi connectivity index (χ1v) is 8.44. The number of nitrogens with zero attached hydrogens (tertiary/aromatic N) is 1. The largest absolute Gasteiger partial charge is 0.359 e. The number of hydrogen-bond acceptors (Lipinski definition) is 4. The smallest absolute Gasteiger partial charge is 0.224 e. The van der Waals surface area contributed by atoms with Crippen molar-refractivity contribution in [1.82, 2.24) is 4.98 Å². The second kappa shape index (κ2) is 7.40. The Morgan fingerprint density at radius 2 is 1.86 bits per heavy atom. The zero-order valence-corrected chi connectivity index (χ0v) is 14.3. The van der Waals surface area contributed by atoms with Crippen molar-refractivity contribution < 1.29 is 4.79 Å². The Morgan fingerprint density at radius 1 is 1.18 bits per heavy atom. The Bertz CT molecular complexity index is 617. The van der Waals surface area contributed by atoms with Crippen molar-refractivity contribution in [2.24, 2.45) is 5.92 Å². The second-order valence-electron chi connectivity index (χ2n) is 6.06. The van der Waals surface area contributed by atoms with Gasteiger partial charge in [-0.1, -0.05) is 26.0 Å². The normalized spacial score (nSPS) is 11.0. The number of anilines is 2. The molecule has 2 N–H and O–H groups in total. The summed E-state index contributed by atoms with van der Waals surface area (Å²) in [5, 5.41) is 9.18. The van der Waals surface area contributed by atoms with Crippen molar-refractivity contribution >= 4 is 28.1 Å². The minimum atomic E-state index is 0.0554. The predicted molar refractivity (Wildman–Crippen MR) is 94.4 cm³/mol. The molecule has 0 saturated carbocycles. The summed E-state index contributed by atoms with van der Waals surface area (Å²) in [6.07, 6.45) is 0.540. The van der Waals surface area contributed by atoms with Gasteiger partial charge < -0.3 is 10.6 Å². The molecule has 1 aromatic heterocycles. The van der Waals surface area contributed by atoms with Crippen LogP contribution in [-0.4, -0.2) is 16.9 Å². The van der Waals surface area contributed by atoms with Crippen LogP contribution in [0.2, 0.25) is 0 Å². The highest BCUT2D eigenvalue weighted by atomic mass is 32.1. The molecule has 2 aromatic rings. The Kier molecular flexibility index (Phi) is 5.55. The minimum Gasteiger partial charge on any atom is -0.359 e. The van der Waals surface area contributed by atoms with Crippen molar-refractivity contribution in [3.8, 4) is 11.3 Å². The van der Waals surface area contributed by atoms with Crippen LogP contribution in [0.4, 0.5) is 10.8 Å². The Hall–Kier alpha value is -1.88. The lowest BCUT2D eigenvalue weighted by Crippen LogP contribution is -2.13. The van der Waals surface area contributed by atoms with Crippen LogP contribution < -0.4 is 10.6 Å². The molecule has 0 spiro atoms. The summed E-state index contributed by atoms with van der Waals surface area (Å²) < 4.78 is 0. The summed E-state index contributed by atoms with van der Waals surface area (Å²) >= 11 is 1.60. The van der Waals surface area contributed by atoms with E-state index in [0.29, 0.717) is 18.4 Å². The summed E-state index contributed by atoms with van der Waals surface area (Å²) in [6, 6.07) is 8.18. The molecule has 22 heavy (non-hydrogen) atoms. The number of amides is 1. The van der Waals surface area contributed by atoms with E-state index in [1.165, 1.54) is 0 Å². The van der Waals surface area contributed by atoms with E-state index in [4.69, 9.17) is 0 Å². The lowest BCUT2D eigenvalue weighted by Gasteiger charge is -2.07. The molecule has 0 aliphatic heterocycles. The fourth-order valence-corrected chi connectivity index (χ4v) is 2.89. The van der Waals surface area contributed by atoms with Crippen molar-refractivity contribution in [2.75, 3.05) is 10.6 Å². The molecule has 118 valence electrons. The van der Waals surface area contributed by atoms with Crippen molar-refractivity contribution in [1.29, 1.82) is 0 Å². The molecular formula is C17H23N3OS. The van der Waals surface area contributed by atoms with Crippen LogP contribution in [0.5, 0.6) is 0 Å². The number of carbonyl (C=O) groups excluding carboxylic acids is 1. The van der Waals surface area contributed by atoms with Crippen LogP contribution in [-0.2, 0) is 4.79 Å². The van der Waals surface area contributed by atoms with E-state index >= 15 is 0 Å². The van der Waals surface area contributed by atoms with Crippen LogP contribution in [0.1, 0.15) is 34.1 Å². The third-order valence-electron chi connectivity index (χ3n) is 2.97. The van der Waals surface area contributed by atoms with Crippen molar-refractivity contribution in [3.05, 3.63) is 29.6 Å². The molecule has 1 amide bonds. The molecule has 0 radical (unpaired) electrons. The van der Waals surface area contributed by atoms with Gasteiger partial charge in [-0.25, -0.2) is 4.98 Å². The van der Waals surface area contributed by atoms with E-state index in [-0.39, 0.29) is 5.91 Å². The number of nitrogens with one attached hydrogen (secondary N) is 2. The average Bonchev–Trinajstić information content (AvgIpc) is 2.86. The summed E-state index contributed by atoms with van der Waals surface area (Å²) in [4.78, 5) is 16.3. The van der Waals surface area contributed by atoms with E-state index in [0.717, 1.165) is 22.1 Å². The van der Waals surface area contributed by atoms with Gasteiger partial charge in [-0.2, -0.15) is 0 Å². The van der Waals surface area contributed by atoms with Gasteiger partial charge in [0.05, 0.1) is 5.69 Å². The van der Waals surface area contributed by atoms with Gasteiger partial charge in [0.2, 0.25) is 5.91 Å². The number of benzene rings is 1. The molecule has 0 fully saturated rings. The SMILES string of the molecule is CC(C)CC(=O)Nc1ccc(-c2csc(NC(C)C)n2)cc1. The van der Waals surface area contributed by atoms with Gasteiger partial charge in [0.15, 0.2) is 5.13 Å². The third-order valence-corrected chi connectivity index (χ3v) is 3.75. The zero-order chi connectivity index (χ0) is 16.1. The molecule has 5 heteroatoms. The molecule has 0 bridgehead atoms. The van der Waals surface area contributed by atoms with Crippen LogP contribution in [0.3, 0.4) is 0 Å². The predicted octanol–water partition coefficient (Wildman–Crippen LogP) is 4.62. The zero-order valence-electron chi connectivity index (χ0n) is 13.5. The number of thiazole rings is 1. The third kappa shape index (κ3) is 4.84. The molecule has 0 aliphatic carbocycles. The molecule has 1 heterocycles. The van der Waals surface area contributed by atoms with Crippen LogP contribution >= 0.6 is 11.3 Å². The molecular weight excluding hydrogens is 294 g/mol. The number of carbonyl (C=O) groups is 1. The highest BCUT2D eigenvalue weighted by Gasteiger charge is 2.07. The quantitative estimate of drug-likeness (QED) is 0.817. The standard InChI is InChI=1S/C17H23N3OS/c1-11(2)9-16(21)19-14-7-5-13(6-8-14)15-10-22-17(20-15)18-12(3)4/h5-8,10-12H,9H2,1-4H3,(H,18,20)(H,19,21). The summed E-state index contributed by atoms with van der Waals surface area (Å²) in [5.74, 6) is 0.418. The van der Waals surface area contributed by atoms with E-state index in [9.17, 15) is 4.79 Å². The van der Waals surface area contributed by atoms with Gasteiger partial charge in [-0.3, -0.25) is 4.79 Å². The summed E-state index contributed by atoms with van der Waals surface area (Å²) in [7, 11) is 0. The van der Waals surface area contributed by atoms with Crippen molar-refractivity contribution in [2.45, 2.75) is 40.2 Å². The summed E-state index contributed by atoms with van der Waals surface area (Å²) in [6.45, 7) is 8.26. The topological polar surface area (TPSA) is 54.0 Å². The van der Waals surface area contributed by atoms with Crippen LogP contribution in [0.15, 0.2) is 29.6 Å². The minimum absolute atomic E-state index is 0.0554. The molecule has 0 atom stereocenters. The highest BCUT2D eigenvalue weighted by Crippen LogP contribution is 2.26. The van der Waals surface area contributed by atoms with Gasteiger partial charge in [-0.05, 0) is 31.9 Å². The van der Waals surface area contributed by atoms with Gasteiger partial charge >= 0.3 is 0 Å². The lowest BCUT2D eigenvalue weighted by atomic mass is 10.1. The van der Waals surface area contributed by atoms with Gasteiger partial charge in [0.1, 0.15) is 0 Å². The molecule has 0 unspecified atom stereocenters. The van der Waals surface area contributed by atoms with Gasteiger partial charge in [0, 0.05) is 29.1 Å². The van der Waals surface area contributed by atoms with Gasteiger partial charge in [0.25, 0.3) is 0 Å². The fourth-order valence-electron chi connectivity index (χ4n) is 2.03. The second-order valence-corrected chi connectivity index (χ2v) is 6.92. The number of aromatic nitrogens is 1. The lowest BCUT2D eigenvalue weighted by molar-refractivity contribution is -0.116. The van der Waals surface area contributed by atoms with Crippen LogP contribution in [0, 0.1) is 5.92 Å². The molecule has 4 nitrogen and oxygen atoms in total. The Balaban J connectivity index is 2.02. The maximum Gasteiger partial charge on any atom is 0.224 e. The first-order valence-electron chi connectivity index (χ1n) is 7.56. The van der Waals surface area contributed by atoms with Crippen molar-refractivity contribution in [3.63, 3.8) is 0 Å². The average molecular weight is 317 g/mol. The first-order chi connectivity index (χ1) is 10.4. The van der Waals surface area contributed by atoms with E-state index in [1.54, 1.807) is 11.3 Å². The number of hydrogen-bond donors (Lipinski definition) is 2. The van der Waals surface area contributed by atoms with E-state index in [2.05, 4.69) is 29.5 Å². The highest BCUT2D eigenvalue weighted by molar-refractivity contribution is 7.14. The Morgan fingerprint density at radius 3 is 2.45 bits per heavy atom. The Labute approximate surface area is 136 Å². The summed E-state index contributed by atoms with van der Waals surface area (Å²) in [5.41, 5.74) is 2.83. The molecule has 0 saturated heterocycles. The molecule has 2 rings (SSSR count). The molecule has 0 aliphatic rings. The number of rotatable bonds is 6. The monoisotopic (exact) mass is 317 g/mol. The maximum absolute atomic E-state index is 11.8. The first kappa shape index (κ1) is 16.5. The van der Waals surface area contributed by atoms with Gasteiger partial charge in [-0.15, -0.1) is 11.3 Å².